The third-order valence-electron chi connectivity index (χ3n) is 4.95. The molecule has 1 atom stereocenters. The molecule has 0 saturated heterocycles. The van der Waals surface area contributed by atoms with Crippen LogP contribution in [0.1, 0.15) is 38.9 Å². The van der Waals surface area contributed by atoms with Crippen LogP contribution in [0.3, 0.4) is 0 Å². The number of esters is 1. The molecule has 7 heteroatoms. The quantitative estimate of drug-likeness (QED) is 0.329. The lowest BCUT2D eigenvalue weighted by atomic mass is 10.00. The Balaban J connectivity index is 1.39. The number of ether oxygens (including phenoxy) is 1. The first kappa shape index (κ1) is 21.0. The Morgan fingerprint density at radius 1 is 0.875 bits per heavy atom. The van der Waals surface area contributed by atoms with Crippen molar-refractivity contribution in [3.8, 4) is 0 Å². The van der Waals surface area contributed by atoms with Crippen molar-refractivity contribution in [3.05, 3.63) is 102 Å². The van der Waals surface area contributed by atoms with Gasteiger partial charge in [0.25, 0.3) is 5.91 Å². The minimum Gasteiger partial charge on any atom is -0.449 e. The Kier molecular flexibility index (Phi) is 6.36. The Bertz CT molecular complexity index is 1240. The van der Waals surface area contributed by atoms with E-state index in [1.807, 2.05) is 30.3 Å². The molecule has 4 aromatic rings. The van der Waals surface area contributed by atoms with Gasteiger partial charge in [-0.2, -0.15) is 5.10 Å². The van der Waals surface area contributed by atoms with Gasteiger partial charge < -0.3 is 10.1 Å². The molecule has 0 aliphatic carbocycles. The van der Waals surface area contributed by atoms with Gasteiger partial charge in [-0.15, -0.1) is 0 Å². The van der Waals surface area contributed by atoms with E-state index in [1.54, 1.807) is 54.6 Å². The first-order chi connectivity index (χ1) is 15.6. The van der Waals surface area contributed by atoms with Crippen molar-refractivity contribution in [1.29, 1.82) is 0 Å². The number of aromatic amines is 1. The summed E-state index contributed by atoms with van der Waals surface area (Å²) in [4.78, 5) is 37.9. The summed E-state index contributed by atoms with van der Waals surface area (Å²) in [5.74, 6) is -1.29. The summed E-state index contributed by atoms with van der Waals surface area (Å²) >= 11 is 0. The number of Topliss-reactive ketones (excluding diaryl/α,β-unsaturated/α-hetero) is 1. The molecule has 0 bridgehead atoms. The van der Waals surface area contributed by atoms with Crippen LogP contribution in [-0.4, -0.2) is 34.4 Å². The van der Waals surface area contributed by atoms with E-state index in [2.05, 4.69) is 15.5 Å². The first-order valence-corrected chi connectivity index (χ1v) is 10.2. The molecular formula is C25H21N3O4. The Morgan fingerprint density at radius 2 is 1.53 bits per heavy atom. The van der Waals surface area contributed by atoms with Crippen molar-refractivity contribution in [2.75, 3.05) is 6.54 Å². The number of ketones is 1. The van der Waals surface area contributed by atoms with Crippen molar-refractivity contribution in [1.82, 2.24) is 15.5 Å². The Labute approximate surface area is 184 Å². The van der Waals surface area contributed by atoms with Crippen LogP contribution in [0.2, 0.25) is 0 Å². The summed E-state index contributed by atoms with van der Waals surface area (Å²) in [6.45, 7) is 0.0554. The highest BCUT2D eigenvalue weighted by Crippen LogP contribution is 2.23. The fraction of sp³-hybridized carbons (Fsp3) is 0.120. The molecule has 0 aliphatic rings. The number of hydrogen-bond donors (Lipinski definition) is 2. The Morgan fingerprint density at radius 3 is 2.28 bits per heavy atom. The highest BCUT2D eigenvalue weighted by molar-refractivity contribution is 6.04. The van der Waals surface area contributed by atoms with Gasteiger partial charge in [0.05, 0.1) is 11.9 Å². The molecular weight excluding hydrogens is 406 g/mol. The molecule has 0 aliphatic heterocycles. The SMILES string of the molecule is O=C(CCNC(=O)c1n[nH]c2ccccc12)OC(C(=O)c1ccccc1)c1ccccc1. The van der Waals surface area contributed by atoms with Gasteiger partial charge in [0.1, 0.15) is 0 Å². The monoisotopic (exact) mass is 427 g/mol. The topological polar surface area (TPSA) is 101 Å². The van der Waals surface area contributed by atoms with E-state index in [1.165, 1.54) is 0 Å². The van der Waals surface area contributed by atoms with Gasteiger partial charge in [-0.05, 0) is 6.07 Å². The van der Waals surface area contributed by atoms with Gasteiger partial charge in [0.15, 0.2) is 11.8 Å². The summed E-state index contributed by atoms with van der Waals surface area (Å²) in [5, 5.41) is 10.2. The van der Waals surface area contributed by atoms with Gasteiger partial charge in [-0.3, -0.25) is 19.5 Å². The maximum absolute atomic E-state index is 13.0. The second kappa shape index (κ2) is 9.70. The molecule has 2 N–H and O–H groups in total. The summed E-state index contributed by atoms with van der Waals surface area (Å²) in [6.07, 6.45) is -1.14. The van der Waals surface area contributed by atoms with E-state index in [-0.39, 0.29) is 24.4 Å². The van der Waals surface area contributed by atoms with Crippen LogP contribution in [0.4, 0.5) is 0 Å². The zero-order valence-electron chi connectivity index (χ0n) is 17.2. The maximum atomic E-state index is 13.0. The number of benzene rings is 3. The number of aromatic nitrogens is 2. The van der Waals surface area contributed by atoms with Crippen LogP contribution in [-0.2, 0) is 9.53 Å². The second-order valence-corrected chi connectivity index (χ2v) is 7.13. The van der Waals surface area contributed by atoms with Gasteiger partial charge in [0.2, 0.25) is 5.78 Å². The van der Waals surface area contributed by atoms with Crippen molar-refractivity contribution >= 4 is 28.6 Å². The number of amides is 1. The summed E-state index contributed by atoms with van der Waals surface area (Å²) in [7, 11) is 0. The number of hydrogen-bond acceptors (Lipinski definition) is 5. The minimum atomic E-state index is -1.06. The number of nitrogens with zero attached hydrogens (tertiary/aromatic N) is 1. The number of rotatable bonds is 8. The molecule has 32 heavy (non-hydrogen) atoms. The van der Waals surface area contributed by atoms with Crippen molar-refractivity contribution in [2.45, 2.75) is 12.5 Å². The zero-order chi connectivity index (χ0) is 22.3. The number of nitrogens with one attached hydrogen (secondary N) is 2. The number of para-hydroxylation sites is 1. The average molecular weight is 427 g/mol. The molecule has 1 unspecified atom stereocenters. The van der Waals surface area contributed by atoms with Crippen LogP contribution in [0.15, 0.2) is 84.9 Å². The number of carbonyl (C=O) groups is 3. The lowest BCUT2D eigenvalue weighted by Crippen LogP contribution is -2.28. The van der Waals surface area contributed by atoms with Crippen LogP contribution in [0.25, 0.3) is 10.9 Å². The van der Waals surface area contributed by atoms with E-state index < -0.39 is 18.0 Å². The Hall–Kier alpha value is -4.26. The third-order valence-corrected chi connectivity index (χ3v) is 4.95. The molecule has 0 spiro atoms. The maximum Gasteiger partial charge on any atom is 0.308 e. The standard InChI is InChI=1S/C25H21N3O4/c29-21(15-16-26-25(31)22-19-13-7-8-14-20(19)27-28-22)32-24(18-11-5-2-6-12-18)23(30)17-9-3-1-4-10-17/h1-14,24H,15-16H2,(H,26,31)(H,27,28). The smallest absolute Gasteiger partial charge is 0.308 e. The second-order valence-electron chi connectivity index (χ2n) is 7.13. The van der Waals surface area contributed by atoms with E-state index in [0.717, 1.165) is 5.52 Å². The largest absolute Gasteiger partial charge is 0.449 e. The van der Waals surface area contributed by atoms with Crippen LogP contribution < -0.4 is 5.32 Å². The average Bonchev–Trinajstić information content (AvgIpc) is 3.27. The molecule has 1 heterocycles. The van der Waals surface area contributed by atoms with Crippen molar-refractivity contribution in [2.24, 2.45) is 0 Å². The molecule has 4 rings (SSSR count). The molecule has 7 nitrogen and oxygen atoms in total. The zero-order valence-corrected chi connectivity index (χ0v) is 17.2. The number of fused-ring (bicyclic) bond motifs is 1. The molecule has 160 valence electrons. The normalized spacial score (nSPS) is 11.6. The minimum absolute atomic E-state index is 0.0554. The van der Waals surface area contributed by atoms with Crippen molar-refractivity contribution in [3.63, 3.8) is 0 Å². The van der Waals surface area contributed by atoms with Crippen LogP contribution >= 0.6 is 0 Å². The van der Waals surface area contributed by atoms with Crippen LogP contribution in [0, 0.1) is 0 Å². The predicted molar refractivity (Wildman–Crippen MR) is 119 cm³/mol. The first-order valence-electron chi connectivity index (χ1n) is 10.2. The van der Waals surface area contributed by atoms with Gasteiger partial charge in [-0.25, -0.2) is 0 Å². The molecule has 3 aromatic carbocycles. The van der Waals surface area contributed by atoms with E-state index in [0.29, 0.717) is 16.5 Å². The molecule has 0 radical (unpaired) electrons. The fourth-order valence-electron chi connectivity index (χ4n) is 3.34. The summed E-state index contributed by atoms with van der Waals surface area (Å²) in [5.41, 5.74) is 2.05. The highest BCUT2D eigenvalue weighted by Gasteiger charge is 2.26. The molecule has 0 saturated carbocycles. The molecule has 0 fully saturated rings. The summed E-state index contributed by atoms with van der Waals surface area (Å²) in [6, 6.07) is 24.8. The van der Waals surface area contributed by atoms with E-state index >= 15 is 0 Å². The number of carbonyl (C=O) groups excluding carboxylic acids is 3. The van der Waals surface area contributed by atoms with E-state index in [4.69, 9.17) is 4.74 Å². The molecule has 1 amide bonds. The number of H-pyrrole nitrogens is 1. The van der Waals surface area contributed by atoms with Gasteiger partial charge in [-0.1, -0.05) is 78.9 Å². The van der Waals surface area contributed by atoms with E-state index in [9.17, 15) is 14.4 Å². The summed E-state index contributed by atoms with van der Waals surface area (Å²) < 4.78 is 5.53. The highest BCUT2D eigenvalue weighted by atomic mass is 16.5. The lowest BCUT2D eigenvalue weighted by Gasteiger charge is -2.17. The predicted octanol–water partition coefficient (Wildman–Crippen LogP) is 3.85. The van der Waals surface area contributed by atoms with Gasteiger partial charge >= 0.3 is 5.97 Å². The molecule has 1 aromatic heterocycles. The van der Waals surface area contributed by atoms with Crippen molar-refractivity contribution < 1.29 is 19.1 Å². The fourth-order valence-corrected chi connectivity index (χ4v) is 3.34. The van der Waals surface area contributed by atoms with Crippen LogP contribution in [0.5, 0.6) is 0 Å². The third kappa shape index (κ3) is 4.73. The van der Waals surface area contributed by atoms with Gasteiger partial charge in [0, 0.05) is 23.1 Å². The lowest BCUT2D eigenvalue weighted by molar-refractivity contribution is -0.147.